The van der Waals surface area contributed by atoms with Gasteiger partial charge in [0.15, 0.2) is 10.8 Å². The number of esters is 1. The van der Waals surface area contributed by atoms with Gasteiger partial charge in [0.25, 0.3) is 11.8 Å². The second-order valence-electron chi connectivity index (χ2n) is 10.3. The molecular weight excluding hydrogens is 570 g/mol. The molecule has 0 bridgehead atoms. The average molecular weight is 602 g/mol. The van der Waals surface area contributed by atoms with Gasteiger partial charge in [0, 0.05) is 11.1 Å². The van der Waals surface area contributed by atoms with Crippen LogP contribution in [-0.2, 0) is 35.3 Å². The van der Waals surface area contributed by atoms with Crippen LogP contribution >= 0.6 is 23.1 Å². The number of rotatable bonds is 9. The van der Waals surface area contributed by atoms with Gasteiger partial charge in [-0.15, -0.1) is 23.1 Å². The van der Waals surface area contributed by atoms with Gasteiger partial charge in [-0.3, -0.25) is 14.5 Å². The van der Waals surface area contributed by atoms with Crippen LogP contribution in [0.15, 0.2) is 46.1 Å². The average Bonchev–Trinajstić information content (AvgIpc) is 3.56. The number of ether oxygens (including phenoxy) is 3. The Bertz CT molecular complexity index is 1400. The van der Waals surface area contributed by atoms with E-state index in [9.17, 15) is 14.4 Å². The summed E-state index contributed by atoms with van der Waals surface area (Å²) in [4.78, 5) is 50.5. The molecule has 0 aliphatic carbocycles. The second-order valence-corrected chi connectivity index (χ2v) is 12.3. The predicted molar refractivity (Wildman–Crippen MR) is 153 cm³/mol. The number of nitrogens with one attached hydrogen (secondary N) is 1. The Kier molecular flexibility index (Phi) is 8.25. The van der Waals surface area contributed by atoms with Gasteiger partial charge in [-0.2, -0.15) is 0 Å². The molecule has 1 aromatic heterocycles. The number of benzene rings is 1. The predicted octanol–water partition coefficient (Wildman–Crippen LogP) is 2.44. The van der Waals surface area contributed by atoms with E-state index in [2.05, 4.69) is 15.5 Å². The largest absolute Gasteiger partial charge is 0.497 e. The van der Waals surface area contributed by atoms with Crippen LogP contribution in [0.4, 0.5) is 5.13 Å². The standard InChI is InChI=1S/C27H31N5O7S2/c1-27(2)10-9-18(39-27)16-12-40-24-20(30-22(33)19(31-37-4)17-13-41-26(28)29-17)23(34)32(24)21(16)25(35)38-11-14-5-7-15(36-3)8-6-14/h5-8,13,18,20,24H,9-12H2,1-4H3,(H2,28,29)(H,30,33)/b31-19+/t18-,20+,24+/m0/s1. The number of fused-ring (bicyclic) bond motifs is 1. The normalized spacial score (nSPS) is 23.5. The van der Waals surface area contributed by atoms with E-state index in [1.165, 1.54) is 23.8 Å². The van der Waals surface area contributed by atoms with Crippen LogP contribution < -0.4 is 15.8 Å². The number of nitrogen functional groups attached to an aromatic ring is 1. The zero-order valence-corrected chi connectivity index (χ0v) is 24.7. The summed E-state index contributed by atoms with van der Waals surface area (Å²) in [6.07, 6.45) is 1.22. The number of nitrogens with zero attached hydrogens (tertiary/aromatic N) is 3. The summed E-state index contributed by atoms with van der Waals surface area (Å²) in [6, 6.07) is 6.28. The zero-order chi connectivity index (χ0) is 29.3. The van der Waals surface area contributed by atoms with E-state index in [1.54, 1.807) is 36.8 Å². The number of nitrogens with two attached hydrogens (primary N) is 1. The Morgan fingerprint density at radius 2 is 2.02 bits per heavy atom. The topological polar surface area (TPSA) is 155 Å². The fourth-order valence-electron chi connectivity index (χ4n) is 4.95. The fourth-order valence-corrected chi connectivity index (χ4v) is 6.90. The lowest BCUT2D eigenvalue weighted by atomic mass is 9.98. The number of carbonyl (C=O) groups is 3. The first-order valence-corrected chi connectivity index (χ1v) is 14.8. The molecule has 5 rings (SSSR count). The van der Waals surface area contributed by atoms with Gasteiger partial charge in [0.1, 0.15) is 42.3 Å². The van der Waals surface area contributed by atoms with E-state index < -0.39 is 29.2 Å². The first-order valence-electron chi connectivity index (χ1n) is 12.9. The Hall–Kier alpha value is -3.62. The minimum absolute atomic E-state index is 0.0181. The lowest BCUT2D eigenvalue weighted by Crippen LogP contribution is -2.71. The van der Waals surface area contributed by atoms with E-state index in [-0.39, 0.29) is 40.5 Å². The Balaban J connectivity index is 1.36. The molecule has 3 N–H and O–H groups in total. The SMILES string of the molecule is CO/N=C(/C(=O)N[C@@H]1C(=O)N2C(C(=O)OCc3ccc(OC)cc3)=C([C@@H]3CCC(C)(C)O3)CS[C@H]12)c1csc(N)n1. The second kappa shape index (κ2) is 11.7. The first-order chi connectivity index (χ1) is 19.6. The van der Waals surface area contributed by atoms with Gasteiger partial charge in [-0.05, 0) is 50.0 Å². The number of oxime groups is 1. The van der Waals surface area contributed by atoms with Crippen LogP contribution in [0.5, 0.6) is 5.75 Å². The van der Waals surface area contributed by atoms with Crippen molar-refractivity contribution in [1.29, 1.82) is 0 Å². The summed E-state index contributed by atoms with van der Waals surface area (Å²) >= 11 is 2.60. The number of anilines is 1. The van der Waals surface area contributed by atoms with E-state index >= 15 is 0 Å². The van der Waals surface area contributed by atoms with E-state index in [4.69, 9.17) is 24.8 Å². The Morgan fingerprint density at radius 3 is 2.63 bits per heavy atom. The summed E-state index contributed by atoms with van der Waals surface area (Å²) < 4.78 is 17.1. The van der Waals surface area contributed by atoms with Crippen molar-refractivity contribution in [2.24, 2.45) is 5.16 Å². The molecule has 14 heteroatoms. The lowest BCUT2D eigenvalue weighted by Gasteiger charge is -2.50. The number of thiazole rings is 1. The summed E-state index contributed by atoms with van der Waals surface area (Å²) in [7, 11) is 2.88. The highest BCUT2D eigenvalue weighted by atomic mass is 32.2. The number of amides is 2. The van der Waals surface area contributed by atoms with Crippen molar-refractivity contribution in [3.05, 3.63) is 52.2 Å². The highest BCUT2D eigenvalue weighted by molar-refractivity contribution is 8.00. The molecule has 12 nitrogen and oxygen atoms in total. The van der Waals surface area contributed by atoms with Crippen molar-refractivity contribution in [1.82, 2.24) is 15.2 Å². The molecule has 0 unspecified atom stereocenters. The first kappa shape index (κ1) is 28.9. The highest BCUT2D eigenvalue weighted by Gasteiger charge is 2.56. The highest BCUT2D eigenvalue weighted by Crippen LogP contribution is 2.45. The third-order valence-corrected chi connectivity index (χ3v) is 9.00. The van der Waals surface area contributed by atoms with Gasteiger partial charge >= 0.3 is 5.97 Å². The molecule has 3 atom stereocenters. The summed E-state index contributed by atoms with van der Waals surface area (Å²) in [5.74, 6) is -0.566. The van der Waals surface area contributed by atoms with Gasteiger partial charge < -0.3 is 30.1 Å². The van der Waals surface area contributed by atoms with E-state index in [0.29, 0.717) is 17.1 Å². The Labute approximate surface area is 245 Å². The maximum absolute atomic E-state index is 13.6. The quantitative estimate of drug-likeness (QED) is 0.190. The van der Waals surface area contributed by atoms with Crippen molar-refractivity contribution in [3.63, 3.8) is 0 Å². The van der Waals surface area contributed by atoms with Gasteiger partial charge in [0.05, 0.1) is 18.8 Å². The van der Waals surface area contributed by atoms with Crippen LogP contribution in [0.3, 0.4) is 0 Å². The van der Waals surface area contributed by atoms with Gasteiger partial charge in [-0.1, -0.05) is 17.3 Å². The summed E-state index contributed by atoms with van der Waals surface area (Å²) in [6.45, 7) is 4.02. The summed E-state index contributed by atoms with van der Waals surface area (Å²) in [5.41, 5.74) is 7.16. The molecule has 2 amide bonds. The van der Waals surface area contributed by atoms with Gasteiger partial charge in [-0.25, -0.2) is 9.78 Å². The molecule has 0 spiro atoms. The molecule has 1 aromatic carbocycles. The molecule has 2 saturated heterocycles. The number of carbonyl (C=O) groups excluding carboxylic acids is 3. The minimum Gasteiger partial charge on any atom is -0.497 e. The third-order valence-electron chi connectivity index (χ3n) is 7.03. The number of β-lactam (4-membered cyclic amide) rings is 1. The van der Waals surface area contributed by atoms with Crippen LogP contribution in [0.2, 0.25) is 0 Å². The number of thioether (sulfide) groups is 1. The Morgan fingerprint density at radius 1 is 1.27 bits per heavy atom. The molecular formula is C27H31N5O7S2. The zero-order valence-electron chi connectivity index (χ0n) is 23.0. The number of aromatic nitrogens is 1. The van der Waals surface area contributed by atoms with Crippen LogP contribution in [0.1, 0.15) is 37.9 Å². The molecule has 218 valence electrons. The maximum atomic E-state index is 13.6. The van der Waals surface area contributed by atoms with Crippen molar-refractivity contribution in [2.45, 2.75) is 56.4 Å². The fraction of sp³-hybridized carbons (Fsp3) is 0.444. The molecule has 0 saturated carbocycles. The molecule has 41 heavy (non-hydrogen) atoms. The van der Waals surface area contributed by atoms with Crippen molar-refractivity contribution in [2.75, 3.05) is 25.7 Å². The number of methoxy groups -OCH3 is 1. The molecule has 3 aliphatic heterocycles. The third kappa shape index (κ3) is 5.90. The molecule has 3 aliphatic rings. The molecule has 2 fully saturated rings. The van der Waals surface area contributed by atoms with E-state index in [0.717, 1.165) is 29.7 Å². The van der Waals surface area contributed by atoms with Crippen LogP contribution in [0.25, 0.3) is 0 Å². The molecule has 4 heterocycles. The van der Waals surface area contributed by atoms with Crippen molar-refractivity contribution >= 4 is 51.7 Å². The smallest absolute Gasteiger partial charge is 0.355 e. The monoisotopic (exact) mass is 601 g/mol. The number of hydrogen-bond acceptors (Lipinski definition) is 12. The maximum Gasteiger partial charge on any atom is 0.355 e. The van der Waals surface area contributed by atoms with Gasteiger partial charge in [0.2, 0.25) is 0 Å². The van der Waals surface area contributed by atoms with Crippen molar-refractivity contribution in [3.8, 4) is 5.75 Å². The van der Waals surface area contributed by atoms with Crippen LogP contribution in [-0.4, -0.2) is 76.5 Å². The van der Waals surface area contributed by atoms with Crippen LogP contribution in [0, 0.1) is 0 Å². The van der Waals surface area contributed by atoms with E-state index in [1.807, 2.05) is 13.8 Å². The summed E-state index contributed by atoms with van der Waals surface area (Å²) in [5, 5.41) is 7.84. The minimum atomic E-state index is -0.891. The molecule has 2 aromatic rings. The lowest BCUT2D eigenvalue weighted by molar-refractivity contribution is -0.153. The number of hydrogen-bond donors (Lipinski definition) is 2. The molecule has 0 radical (unpaired) electrons. The van der Waals surface area contributed by atoms with Crippen molar-refractivity contribution < 1.29 is 33.4 Å².